The molecule has 228 valence electrons. The van der Waals surface area contributed by atoms with Crippen LogP contribution in [0.15, 0.2) is 48.5 Å². The molecule has 1 saturated carbocycles. The quantitative estimate of drug-likeness (QED) is 0.465. The van der Waals surface area contributed by atoms with E-state index in [1.54, 1.807) is 0 Å². The number of amides is 2. The minimum absolute atomic E-state index is 0.0862. The Balaban J connectivity index is 0.907. The third-order valence-corrected chi connectivity index (χ3v) is 9.91. The Hall–Kier alpha value is -3.77. The maximum Gasteiger partial charge on any atom is 0.410 e. The van der Waals surface area contributed by atoms with E-state index in [9.17, 15) is 9.59 Å². The SMILES string of the molecule is N#Cc1ccc(CN2CCC3(CC2)CN(CC2CCC(C(=O)N4CCC(Oc5ccc(N)cc5)CC4)CC2)C(=O)O3)cc1. The van der Waals surface area contributed by atoms with E-state index >= 15 is 0 Å². The smallest absolute Gasteiger partial charge is 0.410 e. The van der Waals surface area contributed by atoms with Crippen molar-refractivity contribution in [3.63, 3.8) is 0 Å². The van der Waals surface area contributed by atoms with Crippen LogP contribution in [-0.4, -0.2) is 77.7 Å². The molecule has 9 heteroatoms. The van der Waals surface area contributed by atoms with Crippen molar-refractivity contribution in [1.29, 1.82) is 5.26 Å². The van der Waals surface area contributed by atoms with Crippen LogP contribution in [0, 0.1) is 23.2 Å². The molecule has 3 saturated heterocycles. The predicted octanol–water partition coefficient (Wildman–Crippen LogP) is 4.80. The summed E-state index contributed by atoms with van der Waals surface area (Å²) in [6.45, 7) is 5.50. The Labute approximate surface area is 254 Å². The molecule has 3 heterocycles. The van der Waals surface area contributed by atoms with E-state index in [0.717, 1.165) is 102 Å². The summed E-state index contributed by atoms with van der Waals surface area (Å²) in [5.74, 6) is 1.62. The van der Waals surface area contributed by atoms with E-state index in [4.69, 9.17) is 20.5 Å². The maximum atomic E-state index is 13.3. The third-order valence-electron chi connectivity index (χ3n) is 9.91. The van der Waals surface area contributed by atoms with Gasteiger partial charge in [-0.2, -0.15) is 5.26 Å². The highest BCUT2D eigenvalue weighted by molar-refractivity contribution is 5.79. The van der Waals surface area contributed by atoms with E-state index < -0.39 is 0 Å². The molecule has 0 radical (unpaired) electrons. The number of nitrogens with zero attached hydrogens (tertiary/aromatic N) is 4. The topological polar surface area (TPSA) is 112 Å². The molecule has 2 aromatic carbocycles. The molecule has 2 amide bonds. The molecular formula is C34H43N5O4. The lowest BCUT2D eigenvalue weighted by Crippen LogP contribution is -2.47. The average Bonchev–Trinajstić information content (AvgIpc) is 3.34. The van der Waals surface area contributed by atoms with Gasteiger partial charge in [-0.25, -0.2) is 4.79 Å². The number of nitriles is 1. The van der Waals surface area contributed by atoms with Crippen molar-refractivity contribution >= 4 is 17.7 Å². The number of hydrogen-bond donors (Lipinski definition) is 1. The zero-order chi connectivity index (χ0) is 29.8. The summed E-state index contributed by atoms with van der Waals surface area (Å²) in [6, 6.07) is 17.4. The fourth-order valence-electron chi connectivity index (χ4n) is 7.25. The van der Waals surface area contributed by atoms with Crippen molar-refractivity contribution in [3.8, 4) is 11.8 Å². The minimum atomic E-state index is -0.380. The largest absolute Gasteiger partial charge is 0.490 e. The second-order valence-electron chi connectivity index (χ2n) is 12.9. The zero-order valence-corrected chi connectivity index (χ0v) is 25.0. The van der Waals surface area contributed by atoms with Gasteiger partial charge in [0.15, 0.2) is 0 Å². The normalized spacial score (nSPS) is 24.5. The number of nitrogens with two attached hydrogens (primary N) is 1. The van der Waals surface area contributed by atoms with Crippen LogP contribution < -0.4 is 10.5 Å². The number of carbonyl (C=O) groups excluding carboxylic acids is 2. The fraction of sp³-hybridized carbons (Fsp3) is 0.559. The first-order valence-corrected chi connectivity index (χ1v) is 15.9. The first kappa shape index (κ1) is 29.3. The Morgan fingerprint density at radius 2 is 1.63 bits per heavy atom. The van der Waals surface area contributed by atoms with E-state index in [2.05, 4.69) is 11.0 Å². The number of anilines is 1. The molecule has 9 nitrogen and oxygen atoms in total. The Morgan fingerprint density at radius 3 is 2.28 bits per heavy atom. The number of ether oxygens (including phenoxy) is 2. The van der Waals surface area contributed by atoms with Crippen LogP contribution in [0.2, 0.25) is 0 Å². The highest BCUT2D eigenvalue weighted by Crippen LogP contribution is 2.37. The van der Waals surface area contributed by atoms with E-state index in [0.29, 0.717) is 18.0 Å². The summed E-state index contributed by atoms with van der Waals surface area (Å²) in [4.78, 5) is 32.5. The third kappa shape index (κ3) is 7.07. The monoisotopic (exact) mass is 585 g/mol. The molecule has 0 bridgehead atoms. The number of hydrogen-bond acceptors (Lipinski definition) is 7. The Bertz CT molecular complexity index is 1300. The summed E-state index contributed by atoms with van der Waals surface area (Å²) in [6.07, 6.45) is 7.06. The van der Waals surface area contributed by atoms with Crippen LogP contribution in [0.25, 0.3) is 0 Å². The van der Waals surface area contributed by atoms with Gasteiger partial charge < -0.3 is 25.0 Å². The first-order chi connectivity index (χ1) is 20.9. The van der Waals surface area contributed by atoms with Gasteiger partial charge in [-0.1, -0.05) is 12.1 Å². The number of piperidine rings is 2. The van der Waals surface area contributed by atoms with Crippen molar-refractivity contribution in [1.82, 2.24) is 14.7 Å². The average molecular weight is 586 g/mol. The Kier molecular flexibility index (Phi) is 8.75. The summed E-state index contributed by atoms with van der Waals surface area (Å²) in [5, 5.41) is 9.02. The van der Waals surface area contributed by atoms with Crippen molar-refractivity contribution in [2.45, 2.75) is 69.6 Å². The molecule has 0 unspecified atom stereocenters. The van der Waals surface area contributed by atoms with Crippen LogP contribution in [0.4, 0.5) is 10.5 Å². The van der Waals surface area contributed by atoms with Gasteiger partial charge in [0.25, 0.3) is 0 Å². The zero-order valence-electron chi connectivity index (χ0n) is 25.0. The first-order valence-electron chi connectivity index (χ1n) is 15.9. The highest BCUT2D eigenvalue weighted by Gasteiger charge is 2.47. The van der Waals surface area contributed by atoms with Gasteiger partial charge in [0.1, 0.15) is 17.5 Å². The van der Waals surface area contributed by atoms with Crippen LogP contribution in [0.3, 0.4) is 0 Å². The van der Waals surface area contributed by atoms with E-state index in [1.165, 1.54) is 5.56 Å². The second-order valence-corrected chi connectivity index (χ2v) is 12.9. The van der Waals surface area contributed by atoms with Gasteiger partial charge >= 0.3 is 6.09 Å². The van der Waals surface area contributed by atoms with Gasteiger partial charge in [-0.3, -0.25) is 9.69 Å². The van der Waals surface area contributed by atoms with Crippen LogP contribution >= 0.6 is 0 Å². The molecule has 6 rings (SSSR count). The van der Waals surface area contributed by atoms with Crippen molar-refractivity contribution in [2.75, 3.05) is 45.0 Å². The molecule has 0 aromatic heterocycles. The van der Waals surface area contributed by atoms with E-state index in [1.807, 2.05) is 58.3 Å². The predicted molar refractivity (Wildman–Crippen MR) is 163 cm³/mol. The fourth-order valence-corrected chi connectivity index (χ4v) is 7.25. The molecule has 1 aliphatic carbocycles. The van der Waals surface area contributed by atoms with Crippen molar-refractivity contribution < 1.29 is 19.1 Å². The molecule has 1 spiro atoms. The summed E-state index contributed by atoms with van der Waals surface area (Å²) in [5.41, 5.74) is 7.98. The highest BCUT2D eigenvalue weighted by atomic mass is 16.6. The lowest BCUT2D eigenvalue weighted by atomic mass is 9.80. The maximum absolute atomic E-state index is 13.3. The number of rotatable bonds is 7. The van der Waals surface area contributed by atoms with Gasteiger partial charge in [-0.05, 0) is 73.6 Å². The van der Waals surface area contributed by atoms with E-state index in [-0.39, 0.29) is 29.6 Å². The molecule has 4 aliphatic rings. The molecule has 4 fully saturated rings. The molecule has 2 N–H and O–H groups in total. The molecule has 0 atom stereocenters. The van der Waals surface area contributed by atoms with Gasteiger partial charge in [0.05, 0.1) is 18.2 Å². The van der Waals surface area contributed by atoms with Crippen molar-refractivity contribution in [2.24, 2.45) is 11.8 Å². The Morgan fingerprint density at radius 1 is 0.953 bits per heavy atom. The van der Waals surface area contributed by atoms with Gasteiger partial charge in [-0.15, -0.1) is 0 Å². The van der Waals surface area contributed by atoms with Crippen LogP contribution in [0.5, 0.6) is 5.75 Å². The van der Waals surface area contributed by atoms with Crippen LogP contribution in [0.1, 0.15) is 62.5 Å². The molecule has 2 aromatic rings. The van der Waals surface area contributed by atoms with Gasteiger partial charge in [0, 0.05) is 76.6 Å². The minimum Gasteiger partial charge on any atom is -0.490 e. The standard InChI is InChI=1S/C34H43N5O4/c35-21-25-1-3-26(4-2-25)22-37-19-15-34(16-20-37)24-39(33(41)43-34)23-27-5-7-28(8-6-27)32(40)38-17-13-31(14-18-38)42-30-11-9-29(36)10-12-30/h1-4,9-12,27-28,31H,5-8,13-20,22-24,36H2. The van der Waals surface area contributed by atoms with Crippen LogP contribution in [-0.2, 0) is 16.1 Å². The summed E-state index contributed by atoms with van der Waals surface area (Å²) < 4.78 is 12.1. The lowest BCUT2D eigenvalue weighted by Gasteiger charge is -2.38. The second kappa shape index (κ2) is 12.8. The number of likely N-dealkylation sites (tertiary alicyclic amines) is 2. The van der Waals surface area contributed by atoms with Crippen molar-refractivity contribution in [3.05, 3.63) is 59.7 Å². The molecular weight excluding hydrogens is 542 g/mol. The number of nitrogen functional groups attached to an aromatic ring is 1. The molecule has 3 aliphatic heterocycles. The lowest BCUT2D eigenvalue weighted by molar-refractivity contribution is -0.138. The summed E-state index contributed by atoms with van der Waals surface area (Å²) >= 11 is 0. The number of benzene rings is 2. The molecule has 43 heavy (non-hydrogen) atoms. The number of carbonyl (C=O) groups is 2. The summed E-state index contributed by atoms with van der Waals surface area (Å²) in [7, 11) is 0. The van der Waals surface area contributed by atoms with Gasteiger partial charge in [0.2, 0.25) is 5.91 Å².